The van der Waals surface area contributed by atoms with E-state index < -0.39 is 17.7 Å². The lowest BCUT2D eigenvalue weighted by Gasteiger charge is -2.09. The molecule has 7 heteroatoms. The Balaban J connectivity index is 1.71. The molecule has 116 valence electrons. The van der Waals surface area contributed by atoms with Gasteiger partial charge in [-0.25, -0.2) is 13.6 Å². The van der Waals surface area contributed by atoms with Crippen LogP contribution in [0.3, 0.4) is 0 Å². The summed E-state index contributed by atoms with van der Waals surface area (Å²) in [5, 5.41) is 5.52. The Morgan fingerprint density at radius 2 is 1.82 bits per heavy atom. The van der Waals surface area contributed by atoms with E-state index in [0.717, 1.165) is 12.1 Å². The van der Waals surface area contributed by atoms with Gasteiger partial charge in [0.15, 0.2) is 11.6 Å². The molecule has 2 N–H and O–H groups in total. The number of hydrogen-bond donors (Lipinski definition) is 2. The molecular formula is C15H13ClF2N2O2. The molecule has 2 aromatic rings. The molecule has 22 heavy (non-hydrogen) atoms. The topological polar surface area (TPSA) is 50.4 Å². The molecule has 0 aromatic heterocycles. The van der Waals surface area contributed by atoms with Crippen LogP contribution in [0.4, 0.5) is 19.3 Å². The number of halogens is 3. The van der Waals surface area contributed by atoms with Crippen molar-refractivity contribution >= 4 is 23.3 Å². The molecule has 0 unspecified atom stereocenters. The van der Waals surface area contributed by atoms with Crippen molar-refractivity contribution in [2.24, 2.45) is 0 Å². The molecule has 0 heterocycles. The monoisotopic (exact) mass is 326 g/mol. The van der Waals surface area contributed by atoms with E-state index in [-0.39, 0.29) is 18.8 Å². The largest absolute Gasteiger partial charge is 0.492 e. The first-order valence-electron chi connectivity index (χ1n) is 6.43. The average molecular weight is 327 g/mol. The highest BCUT2D eigenvalue weighted by Gasteiger charge is 2.05. The molecule has 0 saturated carbocycles. The quantitative estimate of drug-likeness (QED) is 0.821. The van der Waals surface area contributed by atoms with Gasteiger partial charge < -0.3 is 15.4 Å². The fraction of sp³-hybridized carbons (Fsp3) is 0.133. The summed E-state index contributed by atoms with van der Waals surface area (Å²) in [7, 11) is 0. The van der Waals surface area contributed by atoms with Crippen molar-refractivity contribution in [3.05, 3.63) is 59.1 Å². The maximum absolute atomic E-state index is 13.0. The standard InChI is InChI=1S/C15H13ClF2N2O2/c16-10-1-4-12(5-2-10)22-8-7-19-15(21)20-11-3-6-13(17)14(18)9-11/h1-6,9H,7-8H2,(H2,19,20,21). The summed E-state index contributed by atoms with van der Waals surface area (Å²) in [6.07, 6.45) is 0. The SMILES string of the molecule is O=C(NCCOc1ccc(Cl)cc1)Nc1ccc(F)c(F)c1. The Hall–Kier alpha value is -2.34. The summed E-state index contributed by atoms with van der Waals surface area (Å²) >= 11 is 5.74. The van der Waals surface area contributed by atoms with E-state index in [1.54, 1.807) is 24.3 Å². The normalized spacial score (nSPS) is 10.1. The van der Waals surface area contributed by atoms with Crippen LogP contribution in [-0.4, -0.2) is 19.2 Å². The van der Waals surface area contributed by atoms with Crippen LogP contribution in [0, 0.1) is 11.6 Å². The van der Waals surface area contributed by atoms with Gasteiger partial charge in [-0.2, -0.15) is 0 Å². The van der Waals surface area contributed by atoms with E-state index in [0.29, 0.717) is 10.8 Å². The highest BCUT2D eigenvalue weighted by molar-refractivity contribution is 6.30. The molecule has 2 amide bonds. The number of anilines is 1. The van der Waals surface area contributed by atoms with E-state index in [9.17, 15) is 13.6 Å². The van der Waals surface area contributed by atoms with Crippen LogP contribution in [0.1, 0.15) is 0 Å². The Morgan fingerprint density at radius 3 is 2.50 bits per heavy atom. The van der Waals surface area contributed by atoms with Gasteiger partial charge in [0.25, 0.3) is 0 Å². The number of nitrogens with one attached hydrogen (secondary N) is 2. The zero-order chi connectivity index (χ0) is 15.9. The molecular weight excluding hydrogens is 314 g/mol. The molecule has 0 radical (unpaired) electrons. The summed E-state index contributed by atoms with van der Waals surface area (Å²) in [6.45, 7) is 0.505. The summed E-state index contributed by atoms with van der Waals surface area (Å²) in [6, 6.07) is 9.38. The van der Waals surface area contributed by atoms with Crippen molar-refractivity contribution in [1.29, 1.82) is 0 Å². The lowest BCUT2D eigenvalue weighted by Crippen LogP contribution is -2.32. The van der Waals surface area contributed by atoms with Crippen LogP contribution >= 0.6 is 11.6 Å². The molecule has 0 fully saturated rings. The zero-order valence-electron chi connectivity index (χ0n) is 11.4. The lowest BCUT2D eigenvalue weighted by molar-refractivity contribution is 0.247. The number of benzene rings is 2. The van der Waals surface area contributed by atoms with E-state index in [1.165, 1.54) is 6.07 Å². The van der Waals surface area contributed by atoms with Crippen LogP contribution in [0.25, 0.3) is 0 Å². The maximum Gasteiger partial charge on any atom is 0.319 e. The van der Waals surface area contributed by atoms with Gasteiger partial charge in [-0.3, -0.25) is 0 Å². The number of carbonyl (C=O) groups excluding carboxylic acids is 1. The fourth-order valence-electron chi connectivity index (χ4n) is 1.61. The van der Waals surface area contributed by atoms with E-state index >= 15 is 0 Å². The highest BCUT2D eigenvalue weighted by Crippen LogP contribution is 2.15. The highest BCUT2D eigenvalue weighted by atomic mass is 35.5. The molecule has 2 rings (SSSR count). The van der Waals surface area contributed by atoms with Gasteiger partial charge in [-0.1, -0.05) is 11.6 Å². The minimum Gasteiger partial charge on any atom is -0.492 e. The van der Waals surface area contributed by atoms with Gasteiger partial charge in [0.1, 0.15) is 12.4 Å². The summed E-state index contributed by atoms with van der Waals surface area (Å²) < 4.78 is 31.1. The van der Waals surface area contributed by atoms with Crippen LogP contribution in [0.15, 0.2) is 42.5 Å². The maximum atomic E-state index is 13.0. The van der Waals surface area contributed by atoms with E-state index in [4.69, 9.17) is 16.3 Å². The Morgan fingerprint density at radius 1 is 1.09 bits per heavy atom. The van der Waals surface area contributed by atoms with Crippen LogP contribution in [0.5, 0.6) is 5.75 Å². The van der Waals surface area contributed by atoms with Gasteiger partial charge in [0.05, 0.1) is 6.54 Å². The minimum atomic E-state index is -1.02. The fourth-order valence-corrected chi connectivity index (χ4v) is 1.74. The van der Waals surface area contributed by atoms with Gasteiger partial charge in [0.2, 0.25) is 0 Å². The van der Waals surface area contributed by atoms with Crippen molar-refractivity contribution in [3.8, 4) is 5.75 Å². The molecule has 0 bridgehead atoms. The predicted octanol–water partition coefficient (Wildman–Crippen LogP) is 3.82. The van der Waals surface area contributed by atoms with Gasteiger partial charge in [-0.05, 0) is 36.4 Å². The van der Waals surface area contributed by atoms with Crippen molar-refractivity contribution in [1.82, 2.24) is 5.32 Å². The Kier molecular flexibility index (Phi) is 5.55. The Bertz CT molecular complexity index is 650. The summed E-state index contributed by atoms with van der Waals surface area (Å²) in [5.74, 6) is -1.36. The molecule has 0 atom stereocenters. The molecule has 0 aliphatic carbocycles. The van der Waals surface area contributed by atoms with Crippen molar-refractivity contribution in [2.75, 3.05) is 18.5 Å². The third kappa shape index (κ3) is 4.89. The minimum absolute atomic E-state index is 0.162. The molecule has 0 aliphatic rings. The zero-order valence-corrected chi connectivity index (χ0v) is 12.2. The number of urea groups is 1. The second-order valence-corrected chi connectivity index (χ2v) is 4.75. The second kappa shape index (κ2) is 7.61. The first-order chi connectivity index (χ1) is 10.5. The third-order valence-electron chi connectivity index (χ3n) is 2.65. The Labute approximate surface area is 131 Å². The van der Waals surface area contributed by atoms with Gasteiger partial charge in [-0.15, -0.1) is 0 Å². The molecule has 0 saturated heterocycles. The smallest absolute Gasteiger partial charge is 0.319 e. The molecule has 0 aliphatic heterocycles. The molecule has 2 aromatic carbocycles. The number of amides is 2. The van der Waals surface area contributed by atoms with Gasteiger partial charge in [0, 0.05) is 16.8 Å². The lowest BCUT2D eigenvalue weighted by atomic mass is 10.3. The van der Waals surface area contributed by atoms with Crippen LogP contribution < -0.4 is 15.4 Å². The average Bonchev–Trinajstić information content (AvgIpc) is 2.49. The summed E-state index contributed by atoms with van der Waals surface area (Å²) in [4.78, 5) is 11.6. The predicted molar refractivity (Wildman–Crippen MR) is 80.3 cm³/mol. The van der Waals surface area contributed by atoms with Crippen molar-refractivity contribution in [3.63, 3.8) is 0 Å². The number of hydrogen-bond acceptors (Lipinski definition) is 2. The van der Waals surface area contributed by atoms with E-state index in [1.807, 2.05) is 0 Å². The second-order valence-electron chi connectivity index (χ2n) is 4.31. The number of ether oxygens (including phenoxy) is 1. The summed E-state index contributed by atoms with van der Waals surface area (Å²) in [5.41, 5.74) is 0.162. The number of rotatable bonds is 5. The third-order valence-corrected chi connectivity index (χ3v) is 2.90. The van der Waals surface area contributed by atoms with Gasteiger partial charge >= 0.3 is 6.03 Å². The van der Waals surface area contributed by atoms with Crippen molar-refractivity contribution in [2.45, 2.75) is 0 Å². The van der Waals surface area contributed by atoms with Crippen LogP contribution in [-0.2, 0) is 0 Å². The first kappa shape index (κ1) is 16.0. The first-order valence-corrected chi connectivity index (χ1v) is 6.80. The van der Waals surface area contributed by atoms with Crippen molar-refractivity contribution < 1.29 is 18.3 Å². The molecule has 4 nitrogen and oxygen atoms in total. The number of carbonyl (C=O) groups is 1. The van der Waals surface area contributed by atoms with Crippen LogP contribution in [0.2, 0.25) is 5.02 Å². The van der Waals surface area contributed by atoms with E-state index in [2.05, 4.69) is 10.6 Å². The molecule has 0 spiro atoms.